The molecule has 0 atom stereocenters. The number of nitrogens with zero attached hydrogens (tertiary/aromatic N) is 8. The predicted octanol–water partition coefficient (Wildman–Crippen LogP) is 2.64. The Kier molecular flexibility index (Phi) is 6.18. The Morgan fingerprint density at radius 2 is 1.88 bits per heavy atom. The van der Waals surface area contributed by atoms with Crippen LogP contribution >= 0.6 is 11.6 Å². The van der Waals surface area contributed by atoms with Crippen molar-refractivity contribution in [3.8, 4) is 5.69 Å². The Bertz CT molecular complexity index is 1190. The number of hydrogen-bond acceptors (Lipinski definition) is 7. The fraction of sp³-hybridized carbons (Fsp3) is 0.435. The van der Waals surface area contributed by atoms with Crippen molar-refractivity contribution in [3.05, 3.63) is 58.6 Å². The number of likely N-dealkylation sites (N-methyl/N-ethyl adjacent to an activating group) is 1. The molecule has 2 aliphatic heterocycles. The number of carbonyl (C=O) groups excluding carboxylic acids is 1. The molecule has 2 aromatic heterocycles. The first-order valence-electron chi connectivity index (χ1n) is 11.3. The van der Waals surface area contributed by atoms with E-state index in [9.17, 15) is 9.18 Å². The van der Waals surface area contributed by atoms with Crippen LogP contribution in [0, 0.1) is 5.82 Å². The molecule has 1 fully saturated rings. The molecule has 178 valence electrons. The molecule has 11 heteroatoms. The lowest BCUT2D eigenvalue weighted by atomic mass is 9.95. The zero-order chi connectivity index (χ0) is 23.8. The zero-order valence-corrected chi connectivity index (χ0v) is 19.9. The largest absolute Gasteiger partial charge is 0.348 e. The maximum Gasteiger partial charge on any atom is 0.236 e. The molecule has 2 aliphatic rings. The van der Waals surface area contributed by atoms with Crippen molar-refractivity contribution in [1.82, 2.24) is 34.5 Å². The zero-order valence-electron chi connectivity index (χ0n) is 19.2. The lowest BCUT2D eigenvalue weighted by molar-refractivity contribution is -0.130. The smallest absolute Gasteiger partial charge is 0.236 e. The van der Waals surface area contributed by atoms with E-state index in [1.54, 1.807) is 19.0 Å². The van der Waals surface area contributed by atoms with E-state index in [0.717, 1.165) is 48.8 Å². The van der Waals surface area contributed by atoms with Crippen LogP contribution in [-0.2, 0) is 17.9 Å². The predicted molar refractivity (Wildman–Crippen MR) is 125 cm³/mol. The summed E-state index contributed by atoms with van der Waals surface area (Å²) in [4.78, 5) is 26.4. The van der Waals surface area contributed by atoms with Crippen LogP contribution in [0.25, 0.3) is 5.69 Å². The Balaban J connectivity index is 1.42. The summed E-state index contributed by atoms with van der Waals surface area (Å²) in [6.45, 7) is 2.89. The van der Waals surface area contributed by atoms with Gasteiger partial charge in [0.2, 0.25) is 11.9 Å². The minimum Gasteiger partial charge on any atom is -0.348 e. The summed E-state index contributed by atoms with van der Waals surface area (Å²) in [7, 11) is 3.52. The monoisotopic (exact) mass is 484 g/mol. The summed E-state index contributed by atoms with van der Waals surface area (Å²) in [5.41, 5.74) is 2.04. The third-order valence-electron chi connectivity index (χ3n) is 6.40. The number of rotatable bonds is 4. The van der Waals surface area contributed by atoms with Gasteiger partial charge in [-0.2, -0.15) is 0 Å². The molecule has 0 radical (unpaired) electrons. The van der Waals surface area contributed by atoms with Gasteiger partial charge in [0.25, 0.3) is 0 Å². The van der Waals surface area contributed by atoms with Crippen molar-refractivity contribution in [2.24, 2.45) is 0 Å². The van der Waals surface area contributed by atoms with Crippen molar-refractivity contribution in [3.63, 3.8) is 0 Å². The highest BCUT2D eigenvalue weighted by Gasteiger charge is 2.31. The SMILES string of the molecule is CN(C)C(=O)CN1Cc2cc(Cl)ccc2-n2c(nnc2C2CCN(c3ncc(F)cn3)CC2)C1. The standard InChI is InChI=1S/C23H26ClFN8O/c1-30(2)21(34)14-31-12-16-9-17(24)3-4-19(16)33-20(13-31)28-29-22(33)15-5-7-32(8-6-15)23-26-10-18(25)11-27-23/h3-4,9-11,15H,5-8,12-14H2,1-2H3. The second kappa shape index (κ2) is 9.27. The van der Waals surface area contributed by atoms with Gasteiger partial charge in [-0.25, -0.2) is 14.4 Å². The molecule has 5 rings (SSSR count). The number of carbonyl (C=O) groups is 1. The van der Waals surface area contributed by atoms with Crippen LogP contribution in [0.5, 0.6) is 0 Å². The minimum atomic E-state index is -0.440. The maximum absolute atomic E-state index is 13.2. The Morgan fingerprint density at radius 1 is 1.15 bits per heavy atom. The molecule has 1 aromatic carbocycles. The van der Waals surface area contributed by atoms with E-state index in [-0.39, 0.29) is 18.4 Å². The van der Waals surface area contributed by atoms with Gasteiger partial charge in [0.15, 0.2) is 11.6 Å². The van der Waals surface area contributed by atoms with E-state index in [1.165, 1.54) is 12.4 Å². The van der Waals surface area contributed by atoms with Crippen LogP contribution in [0.15, 0.2) is 30.6 Å². The first-order valence-corrected chi connectivity index (χ1v) is 11.6. The van der Waals surface area contributed by atoms with Crippen LogP contribution in [0.3, 0.4) is 0 Å². The molecule has 9 nitrogen and oxygen atoms in total. The van der Waals surface area contributed by atoms with Gasteiger partial charge in [-0.15, -0.1) is 10.2 Å². The molecule has 0 unspecified atom stereocenters. The van der Waals surface area contributed by atoms with Crippen LogP contribution in [0.1, 0.15) is 36.0 Å². The van der Waals surface area contributed by atoms with Gasteiger partial charge in [0, 0.05) is 44.7 Å². The molecule has 34 heavy (non-hydrogen) atoms. The molecular weight excluding hydrogens is 459 g/mol. The van der Waals surface area contributed by atoms with Gasteiger partial charge in [-0.1, -0.05) is 11.6 Å². The molecule has 1 amide bonds. The number of halogens is 2. The molecule has 0 saturated carbocycles. The molecule has 0 aliphatic carbocycles. The van der Waals surface area contributed by atoms with Gasteiger partial charge >= 0.3 is 0 Å². The lowest BCUT2D eigenvalue weighted by Gasteiger charge is -2.31. The van der Waals surface area contributed by atoms with Crippen LogP contribution < -0.4 is 4.90 Å². The molecule has 3 aromatic rings. The number of piperidine rings is 1. The Morgan fingerprint density at radius 3 is 2.59 bits per heavy atom. The lowest BCUT2D eigenvalue weighted by Crippen LogP contribution is -2.35. The minimum absolute atomic E-state index is 0.0344. The van der Waals surface area contributed by atoms with E-state index in [2.05, 4.69) is 34.5 Å². The number of anilines is 1. The fourth-order valence-corrected chi connectivity index (χ4v) is 4.80. The van der Waals surface area contributed by atoms with E-state index >= 15 is 0 Å². The van der Waals surface area contributed by atoms with Crippen LogP contribution in [0.2, 0.25) is 5.02 Å². The summed E-state index contributed by atoms with van der Waals surface area (Å²) in [6.07, 6.45) is 4.10. The molecule has 0 N–H and O–H groups in total. The number of hydrogen-bond donors (Lipinski definition) is 0. The number of aromatic nitrogens is 5. The molecule has 0 bridgehead atoms. The number of amides is 1. The molecule has 4 heterocycles. The second-order valence-electron chi connectivity index (χ2n) is 8.98. The van der Waals surface area contributed by atoms with Crippen molar-refractivity contribution in [1.29, 1.82) is 0 Å². The second-order valence-corrected chi connectivity index (χ2v) is 9.42. The normalized spacial score (nSPS) is 16.6. The van der Waals surface area contributed by atoms with E-state index in [4.69, 9.17) is 11.6 Å². The molecule has 0 spiro atoms. The molecular formula is C23H26ClFN8O. The topological polar surface area (TPSA) is 83.3 Å². The first kappa shape index (κ1) is 22.7. The third-order valence-corrected chi connectivity index (χ3v) is 6.64. The number of benzene rings is 1. The summed E-state index contributed by atoms with van der Waals surface area (Å²) >= 11 is 6.33. The highest BCUT2D eigenvalue weighted by Crippen LogP contribution is 2.34. The van der Waals surface area contributed by atoms with Gasteiger partial charge in [-0.3, -0.25) is 14.3 Å². The fourth-order valence-electron chi connectivity index (χ4n) is 4.61. The summed E-state index contributed by atoms with van der Waals surface area (Å²) in [5, 5.41) is 9.79. The van der Waals surface area contributed by atoms with Gasteiger partial charge in [0.1, 0.15) is 5.82 Å². The Hall–Kier alpha value is -3.11. The first-order chi connectivity index (χ1) is 16.4. The van der Waals surface area contributed by atoms with Crippen molar-refractivity contribution in [2.45, 2.75) is 31.8 Å². The highest BCUT2D eigenvalue weighted by molar-refractivity contribution is 6.30. The van der Waals surface area contributed by atoms with E-state index < -0.39 is 5.82 Å². The van der Waals surface area contributed by atoms with Crippen molar-refractivity contribution in [2.75, 3.05) is 38.6 Å². The van der Waals surface area contributed by atoms with Gasteiger partial charge < -0.3 is 9.80 Å². The third kappa shape index (κ3) is 4.47. The number of fused-ring (bicyclic) bond motifs is 3. The van der Waals surface area contributed by atoms with Crippen molar-refractivity contribution >= 4 is 23.5 Å². The summed E-state index contributed by atoms with van der Waals surface area (Å²) in [5.74, 6) is 2.07. The highest BCUT2D eigenvalue weighted by atomic mass is 35.5. The average molecular weight is 485 g/mol. The van der Waals surface area contributed by atoms with E-state index in [1.807, 2.05) is 18.2 Å². The van der Waals surface area contributed by atoms with Crippen LogP contribution in [-0.4, -0.2) is 74.2 Å². The van der Waals surface area contributed by atoms with Crippen LogP contribution in [0.4, 0.5) is 10.3 Å². The average Bonchev–Trinajstić information content (AvgIpc) is 3.16. The van der Waals surface area contributed by atoms with E-state index in [0.29, 0.717) is 24.1 Å². The molecule has 1 saturated heterocycles. The summed E-state index contributed by atoms with van der Waals surface area (Å²) in [6, 6.07) is 5.84. The maximum atomic E-state index is 13.2. The van der Waals surface area contributed by atoms with Crippen molar-refractivity contribution < 1.29 is 9.18 Å². The quantitative estimate of drug-likeness (QED) is 0.563. The Labute approximate surface area is 202 Å². The summed E-state index contributed by atoms with van der Waals surface area (Å²) < 4.78 is 15.3. The van der Waals surface area contributed by atoms with Gasteiger partial charge in [0.05, 0.1) is 31.2 Å². The van der Waals surface area contributed by atoms with Gasteiger partial charge in [-0.05, 0) is 36.6 Å².